The van der Waals surface area contributed by atoms with Crippen LogP contribution in [0.5, 0.6) is 0 Å². The van der Waals surface area contributed by atoms with Gasteiger partial charge in [0, 0.05) is 23.0 Å². The van der Waals surface area contributed by atoms with Crippen LogP contribution >= 0.6 is 0 Å². The van der Waals surface area contributed by atoms with Crippen LogP contribution in [0, 0.1) is 5.82 Å². The van der Waals surface area contributed by atoms with Crippen LogP contribution in [0.1, 0.15) is 30.0 Å². The Labute approximate surface area is 159 Å². The van der Waals surface area contributed by atoms with Crippen LogP contribution < -0.4 is 11.3 Å². The Kier molecular flexibility index (Phi) is 3.15. The van der Waals surface area contributed by atoms with Gasteiger partial charge >= 0.3 is 0 Å². The molecule has 2 aromatic heterocycles. The molecule has 5 nitrogen and oxygen atoms in total. The molecule has 0 radical (unpaired) electrons. The highest BCUT2D eigenvalue weighted by molar-refractivity contribution is 6.02. The molecule has 2 aromatic carbocycles. The van der Waals surface area contributed by atoms with E-state index >= 15 is 4.39 Å². The minimum atomic E-state index is -0.339. The lowest BCUT2D eigenvalue weighted by molar-refractivity contribution is 0.603. The summed E-state index contributed by atoms with van der Waals surface area (Å²) < 4.78 is 22.3. The Morgan fingerprint density at radius 1 is 1.14 bits per heavy atom. The van der Waals surface area contributed by atoms with Gasteiger partial charge in [0.25, 0.3) is 5.56 Å². The molecule has 6 heteroatoms. The zero-order valence-corrected chi connectivity index (χ0v) is 15.1. The maximum Gasteiger partial charge on any atom is 0.281 e. The van der Waals surface area contributed by atoms with Gasteiger partial charge < -0.3 is 14.7 Å². The SMILES string of the molecule is NC1Cc2ccc(-c3cc4c(cc3F)c3ocnc3c(=O)n4C3CC3)cc2C1. The molecule has 2 N–H and O–H groups in total. The molecule has 0 saturated heterocycles. The fourth-order valence-corrected chi connectivity index (χ4v) is 4.49. The van der Waals surface area contributed by atoms with E-state index in [1.165, 1.54) is 23.6 Å². The highest BCUT2D eigenvalue weighted by Gasteiger charge is 2.29. The molecule has 140 valence electrons. The molecule has 0 amide bonds. The summed E-state index contributed by atoms with van der Waals surface area (Å²) in [7, 11) is 0. The number of nitrogens with zero attached hydrogens (tertiary/aromatic N) is 2. The Hall–Kier alpha value is -2.99. The maximum atomic E-state index is 15.1. The van der Waals surface area contributed by atoms with E-state index in [-0.39, 0.29) is 29.0 Å². The van der Waals surface area contributed by atoms with Crippen LogP contribution in [-0.2, 0) is 12.8 Å². The third kappa shape index (κ3) is 2.21. The molecule has 4 aromatic rings. The number of benzene rings is 2. The number of halogens is 1. The summed E-state index contributed by atoms with van der Waals surface area (Å²) in [5, 5.41) is 0.587. The summed E-state index contributed by atoms with van der Waals surface area (Å²) in [6.45, 7) is 0. The van der Waals surface area contributed by atoms with Crippen LogP contribution in [-0.4, -0.2) is 15.6 Å². The highest BCUT2D eigenvalue weighted by Crippen LogP contribution is 2.39. The molecule has 0 spiro atoms. The second-order valence-corrected chi connectivity index (χ2v) is 7.94. The molecule has 2 aliphatic rings. The van der Waals surface area contributed by atoms with Gasteiger partial charge in [0.05, 0.1) is 5.52 Å². The fourth-order valence-electron chi connectivity index (χ4n) is 4.49. The van der Waals surface area contributed by atoms with E-state index in [1.54, 1.807) is 10.6 Å². The lowest BCUT2D eigenvalue weighted by Gasteiger charge is -2.13. The topological polar surface area (TPSA) is 74.1 Å². The number of fused-ring (bicyclic) bond motifs is 4. The van der Waals surface area contributed by atoms with Crippen LogP contribution in [0.3, 0.4) is 0 Å². The lowest BCUT2D eigenvalue weighted by Crippen LogP contribution is -2.20. The van der Waals surface area contributed by atoms with Crippen molar-refractivity contribution in [2.45, 2.75) is 37.8 Å². The van der Waals surface area contributed by atoms with E-state index in [1.807, 2.05) is 18.2 Å². The second kappa shape index (κ2) is 5.52. The lowest BCUT2D eigenvalue weighted by atomic mass is 9.98. The monoisotopic (exact) mass is 375 g/mol. The summed E-state index contributed by atoms with van der Waals surface area (Å²) in [4.78, 5) is 17.0. The van der Waals surface area contributed by atoms with Crippen molar-refractivity contribution in [2.24, 2.45) is 5.73 Å². The summed E-state index contributed by atoms with van der Waals surface area (Å²) in [6.07, 6.45) is 4.81. The van der Waals surface area contributed by atoms with Crippen molar-refractivity contribution in [3.63, 3.8) is 0 Å². The zero-order valence-electron chi connectivity index (χ0n) is 15.1. The molecule has 0 aliphatic heterocycles. The third-order valence-corrected chi connectivity index (χ3v) is 5.97. The van der Waals surface area contributed by atoms with Crippen molar-refractivity contribution in [3.8, 4) is 11.1 Å². The largest absolute Gasteiger partial charge is 0.443 e. The second-order valence-electron chi connectivity index (χ2n) is 7.94. The number of hydrogen-bond donors (Lipinski definition) is 1. The minimum absolute atomic E-state index is 0.131. The molecular weight excluding hydrogens is 357 g/mol. The van der Waals surface area contributed by atoms with Crippen molar-refractivity contribution >= 4 is 22.0 Å². The Morgan fingerprint density at radius 3 is 2.79 bits per heavy atom. The molecule has 2 heterocycles. The van der Waals surface area contributed by atoms with Crippen molar-refractivity contribution in [1.29, 1.82) is 0 Å². The maximum absolute atomic E-state index is 15.1. The summed E-state index contributed by atoms with van der Waals surface area (Å²) >= 11 is 0. The van der Waals surface area contributed by atoms with Gasteiger partial charge in [0.15, 0.2) is 17.5 Å². The molecule has 1 saturated carbocycles. The highest BCUT2D eigenvalue weighted by atomic mass is 19.1. The Bertz CT molecular complexity index is 1330. The number of aromatic nitrogens is 2. The predicted octanol–water partition coefficient (Wildman–Crippen LogP) is 3.71. The Morgan fingerprint density at radius 2 is 1.96 bits per heavy atom. The van der Waals surface area contributed by atoms with Gasteiger partial charge in [-0.2, -0.15) is 0 Å². The standard InChI is InChI=1S/C22H18FN3O2/c23-18-8-17-19(26(15-3-4-15)22(27)20-21(17)28-10-25-20)9-16(18)12-2-1-11-6-14(24)7-13(11)5-12/h1-2,5,8-10,14-15H,3-4,6-7,24H2. The van der Waals surface area contributed by atoms with E-state index < -0.39 is 0 Å². The average Bonchev–Trinajstić information content (AvgIpc) is 3.24. The predicted molar refractivity (Wildman–Crippen MR) is 105 cm³/mol. The number of pyridine rings is 1. The quantitative estimate of drug-likeness (QED) is 0.580. The minimum Gasteiger partial charge on any atom is -0.443 e. The van der Waals surface area contributed by atoms with Crippen molar-refractivity contribution in [2.75, 3.05) is 0 Å². The van der Waals surface area contributed by atoms with E-state index in [0.717, 1.165) is 31.2 Å². The molecule has 1 fully saturated rings. The average molecular weight is 375 g/mol. The van der Waals surface area contributed by atoms with Crippen LogP contribution in [0.4, 0.5) is 4.39 Å². The van der Waals surface area contributed by atoms with Crippen LogP contribution in [0.2, 0.25) is 0 Å². The molecule has 1 atom stereocenters. The normalized spacial score (nSPS) is 18.9. The van der Waals surface area contributed by atoms with Crippen LogP contribution in [0.15, 0.2) is 45.9 Å². The first-order valence-corrected chi connectivity index (χ1v) is 9.59. The zero-order chi connectivity index (χ0) is 19.0. The summed E-state index contributed by atoms with van der Waals surface area (Å²) in [6, 6.07) is 9.53. The number of hydrogen-bond acceptors (Lipinski definition) is 4. The smallest absolute Gasteiger partial charge is 0.281 e. The van der Waals surface area contributed by atoms with E-state index in [4.69, 9.17) is 10.2 Å². The van der Waals surface area contributed by atoms with Crippen LogP contribution in [0.25, 0.3) is 33.1 Å². The number of oxazole rings is 1. The van der Waals surface area contributed by atoms with Gasteiger partial charge in [-0.25, -0.2) is 9.37 Å². The van der Waals surface area contributed by atoms with Crippen molar-refractivity contribution < 1.29 is 8.81 Å². The first-order chi connectivity index (χ1) is 13.6. The first kappa shape index (κ1) is 16.0. The van der Waals surface area contributed by atoms with Gasteiger partial charge in [-0.15, -0.1) is 0 Å². The fraction of sp³-hybridized carbons (Fsp3) is 0.273. The van der Waals surface area contributed by atoms with Crippen molar-refractivity contribution in [1.82, 2.24) is 9.55 Å². The van der Waals surface area contributed by atoms with Crippen molar-refractivity contribution in [3.05, 3.63) is 64.0 Å². The number of nitrogens with two attached hydrogens (primary N) is 1. The molecule has 1 unspecified atom stereocenters. The van der Waals surface area contributed by atoms with Gasteiger partial charge in [-0.3, -0.25) is 4.79 Å². The molecule has 6 rings (SSSR count). The number of rotatable bonds is 2. The van der Waals surface area contributed by atoms with E-state index in [0.29, 0.717) is 22.0 Å². The van der Waals surface area contributed by atoms with Gasteiger partial charge in [0.1, 0.15) is 5.82 Å². The third-order valence-electron chi connectivity index (χ3n) is 5.97. The Balaban J connectivity index is 1.64. The summed E-state index contributed by atoms with van der Waals surface area (Å²) in [5.41, 5.74) is 10.9. The van der Waals surface area contributed by atoms with Gasteiger partial charge in [-0.1, -0.05) is 18.2 Å². The first-order valence-electron chi connectivity index (χ1n) is 9.59. The van der Waals surface area contributed by atoms with Gasteiger partial charge in [0.2, 0.25) is 0 Å². The molecule has 0 bridgehead atoms. The van der Waals surface area contributed by atoms with E-state index in [2.05, 4.69) is 4.98 Å². The summed E-state index contributed by atoms with van der Waals surface area (Å²) in [5.74, 6) is -0.339. The molecule has 2 aliphatic carbocycles. The van der Waals surface area contributed by atoms with E-state index in [9.17, 15) is 4.79 Å². The van der Waals surface area contributed by atoms with Gasteiger partial charge in [-0.05, 0) is 54.5 Å². The molecule has 28 heavy (non-hydrogen) atoms. The molecular formula is C22H18FN3O2.